The molecule has 17 heavy (non-hydrogen) atoms. The Morgan fingerprint density at radius 1 is 1.59 bits per heavy atom. The quantitative estimate of drug-likeness (QED) is 0.619. The van der Waals surface area contributed by atoms with Crippen LogP contribution in [0.4, 0.5) is 5.69 Å². The Morgan fingerprint density at radius 3 is 2.71 bits per heavy atom. The van der Waals surface area contributed by atoms with Gasteiger partial charge < -0.3 is 9.87 Å². The fourth-order valence-electron chi connectivity index (χ4n) is 1.21. The van der Waals surface area contributed by atoms with Gasteiger partial charge in [-0.05, 0) is 30.7 Å². The van der Waals surface area contributed by atoms with Gasteiger partial charge in [-0.3, -0.25) is 4.79 Å². The van der Waals surface area contributed by atoms with Gasteiger partial charge in [0, 0.05) is 11.0 Å². The van der Waals surface area contributed by atoms with Crippen LogP contribution >= 0.6 is 31.9 Å². The summed E-state index contributed by atoms with van der Waals surface area (Å²) in [6, 6.07) is 4.79. The van der Waals surface area contributed by atoms with E-state index in [0.717, 1.165) is 0 Å². The number of carbonyl (C=O) groups is 1. The summed E-state index contributed by atoms with van der Waals surface area (Å²) in [4.78, 5) is 11.6. The maximum atomic E-state index is 11.6. The summed E-state index contributed by atoms with van der Waals surface area (Å²) >= 11 is 4.40. The van der Waals surface area contributed by atoms with E-state index in [0.29, 0.717) is 21.5 Å². The van der Waals surface area contributed by atoms with Gasteiger partial charge in [-0.1, -0.05) is 31.9 Å². The first-order chi connectivity index (χ1) is 7.95. The van der Waals surface area contributed by atoms with Gasteiger partial charge >= 0.3 is 0 Å². The van der Waals surface area contributed by atoms with Crippen molar-refractivity contribution in [2.45, 2.75) is 16.6 Å². The van der Waals surface area contributed by atoms with E-state index in [4.69, 9.17) is 4.55 Å². The fourth-order valence-corrected chi connectivity index (χ4v) is 2.14. The Kier molecular flexibility index (Phi) is 5.78. The van der Waals surface area contributed by atoms with Gasteiger partial charge in [-0.25, -0.2) is 4.21 Å². The molecular weight excluding hydrogens is 374 g/mol. The van der Waals surface area contributed by atoms with Crippen LogP contribution in [-0.4, -0.2) is 24.8 Å². The lowest BCUT2D eigenvalue weighted by Gasteiger charge is -2.10. The van der Waals surface area contributed by atoms with Crippen LogP contribution in [0, 0.1) is 6.92 Å². The lowest BCUT2D eigenvalue weighted by molar-refractivity contribution is -0.115. The number of rotatable bonds is 4. The Balaban J connectivity index is 2.84. The summed E-state index contributed by atoms with van der Waals surface area (Å²) in [5.41, 5.74) is 1.26. The van der Waals surface area contributed by atoms with Crippen molar-refractivity contribution in [2.24, 2.45) is 0 Å². The van der Waals surface area contributed by atoms with Crippen LogP contribution in [0.25, 0.3) is 0 Å². The third-order valence-corrected chi connectivity index (χ3v) is 5.14. The third kappa shape index (κ3) is 4.17. The molecule has 7 heteroatoms. The predicted molar refractivity (Wildman–Crippen MR) is 75.4 cm³/mol. The summed E-state index contributed by atoms with van der Waals surface area (Å²) in [5.74, 6) is -0.167. The Bertz CT molecular complexity index is 453. The molecule has 0 saturated heterocycles. The molecule has 4 nitrogen and oxygen atoms in total. The second-order valence-electron chi connectivity index (χ2n) is 3.34. The molecule has 0 aliphatic heterocycles. The molecule has 0 fully saturated rings. The van der Waals surface area contributed by atoms with E-state index in [9.17, 15) is 9.00 Å². The molecule has 2 atom stereocenters. The second kappa shape index (κ2) is 6.63. The number of carbonyl (C=O) groups excluding carboxylic acids is 1. The van der Waals surface area contributed by atoms with Crippen molar-refractivity contribution in [1.29, 1.82) is 0 Å². The first-order valence-electron chi connectivity index (χ1n) is 4.68. The van der Waals surface area contributed by atoms with E-state index in [2.05, 4.69) is 37.2 Å². The van der Waals surface area contributed by atoms with Gasteiger partial charge in [0.2, 0.25) is 5.91 Å². The Morgan fingerprint density at radius 2 is 2.24 bits per heavy atom. The highest BCUT2D eigenvalue weighted by Crippen LogP contribution is 2.18. The number of nitrogens with one attached hydrogen (secondary N) is 1. The van der Waals surface area contributed by atoms with Crippen molar-refractivity contribution >= 4 is 54.5 Å². The lowest BCUT2D eigenvalue weighted by atomic mass is 10.2. The molecule has 1 aromatic carbocycles. The average Bonchev–Trinajstić information content (AvgIpc) is 2.27. The van der Waals surface area contributed by atoms with Crippen LogP contribution in [0.3, 0.4) is 0 Å². The number of aryl methyl sites for hydroxylation is 1. The molecule has 0 spiro atoms. The number of amides is 1. The summed E-state index contributed by atoms with van der Waals surface area (Å²) in [6.07, 6.45) is 0. The molecule has 0 saturated carbocycles. The Labute approximate surface area is 119 Å². The summed E-state index contributed by atoms with van der Waals surface area (Å²) in [7, 11) is 0. The number of hydrogen-bond donors (Lipinski definition) is 2. The highest BCUT2D eigenvalue weighted by Gasteiger charge is 2.13. The monoisotopic (exact) mass is 383 g/mol. The minimum absolute atomic E-state index is 0.167. The summed E-state index contributed by atoms with van der Waals surface area (Å²) in [6.45, 7) is 1.72. The summed E-state index contributed by atoms with van der Waals surface area (Å²) < 4.78 is 19.9. The zero-order chi connectivity index (χ0) is 13.0. The van der Waals surface area contributed by atoms with E-state index < -0.39 is 11.1 Å². The molecule has 2 N–H and O–H groups in total. The zero-order valence-corrected chi connectivity index (χ0v) is 12.9. The minimum atomic E-state index is -2.00. The van der Waals surface area contributed by atoms with Crippen molar-refractivity contribution in [3.05, 3.63) is 23.8 Å². The van der Waals surface area contributed by atoms with Crippen molar-refractivity contribution < 1.29 is 13.6 Å². The van der Waals surface area contributed by atoms with Gasteiger partial charge in [0.05, 0.1) is 4.90 Å². The van der Waals surface area contributed by atoms with Crippen molar-refractivity contribution in [3.8, 4) is 0 Å². The smallest absolute Gasteiger partial charge is 0.239 e. The van der Waals surface area contributed by atoms with E-state index in [1.54, 1.807) is 19.1 Å². The van der Waals surface area contributed by atoms with Gasteiger partial charge in [0.15, 0.2) is 11.1 Å². The van der Waals surface area contributed by atoms with Crippen LogP contribution < -0.4 is 5.32 Å². The van der Waals surface area contributed by atoms with Crippen molar-refractivity contribution in [2.75, 3.05) is 10.6 Å². The molecule has 0 aliphatic carbocycles. The van der Waals surface area contributed by atoms with Crippen LogP contribution in [0.1, 0.15) is 5.56 Å². The predicted octanol–water partition coefficient (Wildman–Crippen LogP) is 2.67. The molecule has 1 amide bonds. The lowest BCUT2D eigenvalue weighted by Crippen LogP contribution is -2.23. The number of hydrogen-bond acceptors (Lipinski definition) is 2. The van der Waals surface area contributed by atoms with E-state index in [-0.39, 0.29) is 10.7 Å². The molecule has 0 aromatic heterocycles. The Hall–Kier alpha value is -0.240. The van der Waals surface area contributed by atoms with Gasteiger partial charge in [0.1, 0.15) is 4.83 Å². The zero-order valence-electron chi connectivity index (χ0n) is 8.94. The maximum Gasteiger partial charge on any atom is 0.239 e. The fraction of sp³-hybridized carbons (Fsp3) is 0.300. The van der Waals surface area contributed by atoms with Crippen LogP contribution in [0.15, 0.2) is 23.1 Å². The topological polar surface area (TPSA) is 66.4 Å². The molecule has 0 radical (unpaired) electrons. The number of benzene rings is 1. The van der Waals surface area contributed by atoms with Crippen LogP contribution in [0.5, 0.6) is 0 Å². The normalized spacial score (nSPS) is 14.1. The first kappa shape index (κ1) is 14.8. The molecule has 1 rings (SSSR count). The average molecular weight is 385 g/mol. The molecule has 0 aliphatic rings. The largest absolute Gasteiger partial charge is 0.325 e. The SMILES string of the molecule is Cc1cc(NC(=O)C(Br)CBr)ccc1S(=O)O. The van der Waals surface area contributed by atoms with Crippen molar-refractivity contribution in [3.63, 3.8) is 0 Å². The first-order valence-corrected chi connectivity index (χ1v) is 7.82. The second-order valence-corrected chi connectivity index (χ2v) is 6.03. The molecule has 2 unspecified atom stereocenters. The van der Waals surface area contributed by atoms with Gasteiger partial charge in [0.25, 0.3) is 0 Å². The molecule has 1 aromatic rings. The number of alkyl halides is 2. The number of halogens is 2. The minimum Gasteiger partial charge on any atom is -0.325 e. The molecule has 94 valence electrons. The van der Waals surface area contributed by atoms with Gasteiger partial charge in [-0.2, -0.15) is 0 Å². The van der Waals surface area contributed by atoms with Gasteiger partial charge in [-0.15, -0.1) is 0 Å². The molecular formula is C10H11Br2NO3S. The number of anilines is 1. The van der Waals surface area contributed by atoms with Crippen molar-refractivity contribution in [1.82, 2.24) is 0 Å². The van der Waals surface area contributed by atoms with E-state index in [1.807, 2.05) is 0 Å². The standard InChI is InChI=1S/C10H11Br2NO3S/c1-6-4-7(2-3-9(6)17(15)16)13-10(14)8(12)5-11/h2-4,8H,5H2,1H3,(H,13,14)(H,15,16). The van der Waals surface area contributed by atoms with Crippen LogP contribution in [-0.2, 0) is 15.9 Å². The van der Waals surface area contributed by atoms with Crippen LogP contribution in [0.2, 0.25) is 0 Å². The van der Waals surface area contributed by atoms with E-state index in [1.165, 1.54) is 6.07 Å². The third-order valence-electron chi connectivity index (χ3n) is 2.05. The molecule has 0 bridgehead atoms. The molecule has 0 heterocycles. The highest BCUT2D eigenvalue weighted by molar-refractivity contribution is 9.12. The maximum absolute atomic E-state index is 11.6. The summed E-state index contributed by atoms with van der Waals surface area (Å²) in [5, 5.41) is 3.21. The van der Waals surface area contributed by atoms with E-state index >= 15 is 0 Å². The highest BCUT2D eigenvalue weighted by atomic mass is 79.9.